The van der Waals surface area contributed by atoms with Crippen molar-refractivity contribution in [2.24, 2.45) is 0 Å². The molecule has 0 spiro atoms. The number of furan rings is 1. The lowest BCUT2D eigenvalue weighted by atomic mass is 10.1. The van der Waals surface area contributed by atoms with E-state index in [1.165, 1.54) is 6.26 Å². The Kier molecular flexibility index (Phi) is 6.89. The molecular weight excluding hydrogens is 384 g/mol. The fourth-order valence-electron chi connectivity index (χ4n) is 3.66. The molecule has 1 aliphatic rings. The molecule has 160 valence electrons. The number of amides is 3. The van der Waals surface area contributed by atoms with Crippen LogP contribution in [-0.4, -0.2) is 66.8 Å². The van der Waals surface area contributed by atoms with Crippen LogP contribution in [0.2, 0.25) is 0 Å². The molecule has 0 saturated carbocycles. The van der Waals surface area contributed by atoms with E-state index in [-0.39, 0.29) is 30.8 Å². The molecule has 0 bridgehead atoms. The highest BCUT2D eigenvalue weighted by molar-refractivity contribution is 5.96. The first-order valence-corrected chi connectivity index (χ1v) is 10.0. The van der Waals surface area contributed by atoms with Crippen LogP contribution in [0.3, 0.4) is 0 Å². The fourth-order valence-corrected chi connectivity index (χ4v) is 3.66. The van der Waals surface area contributed by atoms with Crippen LogP contribution >= 0.6 is 0 Å². The Labute approximate surface area is 176 Å². The number of rotatable bonds is 6. The second-order valence-corrected chi connectivity index (χ2v) is 7.64. The molecule has 8 heteroatoms. The third-order valence-electron chi connectivity index (χ3n) is 5.15. The number of hydrogen-bond acceptors (Lipinski definition) is 5. The van der Waals surface area contributed by atoms with E-state index in [0.29, 0.717) is 31.9 Å². The molecule has 0 unspecified atom stereocenters. The molecule has 1 fully saturated rings. The molecule has 8 nitrogen and oxygen atoms in total. The topological polar surface area (TPSA) is 94.9 Å². The lowest BCUT2D eigenvalue weighted by Crippen LogP contribution is -2.51. The zero-order chi connectivity index (χ0) is 21.7. The Morgan fingerprint density at radius 1 is 1.00 bits per heavy atom. The number of benzene rings is 1. The number of nitrogens with one attached hydrogen (secondary N) is 2. The molecule has 2 N–H and O–H groups in total. The van der Waals surface area contributed by atoms with Crippen molar-refractivity contribution in [2.45, 2.75) is 20.8 Å². The number of piperazine rings is 1. The van der Waals surface area contributed by atoms with E-state index in [0.717, 1.165) is 22.4 Å². The maximum atomic E-state index is 12.3. The van der Waals surface area contributed by atoms with Gasteiger partial charge in [-0.05, 0) is 44.0 Å². The zero-order valence-electron chi connectivity index (χ0n) is 17.7. The van der Waals surface area contributed by atoms with Gasteiger partial charge in [0.05, 0.1) is 19.4 Å². The maximum Gasteiger partial charge on any atom is 0.289 e. The summed E-state index contributed by atoms with van der Waals surface area (Å²) >= 11 is 0. The van der Waals surface area contributed by atoms with Crippen LogP contribution < -0.4 is 10.6 Å². The predicted molar refractivity (Wildman–Crippen MR) is 113 cm³/mol. The lowest BCUT2D eigenvalue weighted by molar-refractivity contribution is -0.125. The maximum absolute atomic E-state index is 12.3. The number of anilines is 1. The van der Waals surface area contributed by atoms with Crippen molar-refractivity contribution in [1.82, 2.24) is 15.1 Å². The van der Waals surface area contributed by atoms with Crippen LogP contribution in [-0.2, 0) is 9.59 Å². The van der Waals surface area contributed by atoms with Crippen LogP contribution in [0.15, 0.2) is 34.9 Å². The number of carbonyl (C=O) groups excluding carboxylic acids is 3. The van der Waals surface area contributed by atoms with Gasteiger partial charge < -0.3 is 20.0 Å². The van der Waals surface area contributed by atoms with Crippen molar-refractivity contribution in [2.75, 3.05) is 44.6 Å². The van der Waals surface area contributed by atoms with Crippen LogP contribution in [0.5, 0.6) is 0 Å². The summed E-state index contributed by atoms with van der Waals surface area (Å²) in [5, 5.41) is 5.54. The van der Waals surface area contributed by atoms with E-state index < -0.39 is 0 Å². The van der Waals surface area contributed by atoms with Gasteiger partial charge in [0, 0.05) is 31.9 Å². The molecule has 1 aliphatic heterocycles. The smallest absolute Gasteiger partial charge is 0.289 e. The molecule has 1 saturated heterocycles. The van der Waals surface area contributed by atoms with Crippen LogP contribution in [0, 0.1) is 20.8 Å². The molecule has 30 heavy (non-hydrogen) atoms. The first kappa shape index (κ1) is 21.6. The Balaban J connectivity index is 1.40. The number of carbonyl (C=O) groups is 3. The SMILES string of the molecule is Cc1cc(C)c(NC(=O)CNC(=O)CN2CCN(C(=O)c3ccco3)CC2)c(C)c1. The molecule has 2 heterocycles. The molecule has 3 rings (SSSR count). The normalized spacial score (nSPS) is 14.4. The van der Waals surface area contributed by atoms with Gasteiger partial charge in [-0.3, -0.25) is 19.3 Å². The summed E-state index contributed by atoms with van der Waals surface area (Å²) in [6.45, 7) is 8.26. The minimum Gasteiger partial charge on any atom is -0.459 e. The molecule has 1 aromatic carbocycles. The average molecular weight is 412 g/mol. The molecular formula is C22H28N4O4. The van der Waals surface area contributed by atoms with Crippen molar-refractivity contribution in [3.63, 3.8) is 0 Å². The van der Waals surface area contributed by atoms with E-state index in [2.05, 4.69) is 10.6 Å². The van der Waals surface area contributed by atoms with Crippen molar-refractivity contribution in [3.8, 4) is 0 Å². The largest absolute Gasteiger partial charge is 0.459 e. The minimum atomic E-state index is -0.257. The monoisotopic (exact) mass is 412 g/mol. The summed E-state index contributed by atoms with van der Waals surface area (Å²) in [5.41, 5.74) is 3.92. The Bertz CT molecular complexity index is 892. The van der Waals surface area contributed by atoms with E-state index >= 15 is 0 Å². The molecule has 0 aliphatic carbocycles. The highest BCUT2D eigenvalue weighted by Crippen LogP contribution is 2.21. The summed E-state index contributed by atoms with van der Waals surface area (Å²) in [4.78, 5) is 40.4. The predicted octanol–water partition coefficient (Wildman–Crippen LogP) is 1.72. The lowest BCUT2D eigenvalue weighted by Gasteiger charge is -2.33. The van der Waals surface area contributed by atoms with Crippen LogP contribution in [0.25, 0.3) is 0 Å². The first-order valence-electron chi connectivity index (χ1n) is 10.0. The van der Waals surface area contributed by atoms with E-state index in [9.17, 15) is 14.4 Å². The van der Waals surface area contributed by atoms with Crippen molar-refractivity contribution in [1.29, 1.82) is 0 Å². The van der Waals surface area contributed by atoms with Crippen LogP contribution in [0.4, 0.5) is 5.69 Å². The van der Waals surface area contributed by atoms with E-state index in [1.54, 1.807) is 17.0 Å². The molecule has 3 amide bonds. The highest BCUT2D eigenvalue weighted by atomic mass is 16.3. The molecule has 0 atom stereocenters. The first-order chi connectivity index (χ1) is 14.3. The Morgan fingerprint density at radius 2 is 1.67 bits per heavy atom. The van der Waals surface area contributed by atoms with E-state index in [1.807, 2.05) is 37.8 Å². The van der Waals surface area contributed by atoms with Gasteiger partial charge in [0.2, 0.25) is 11.8 Å². The fraction of sp³-hybridized carbons (Fsp3) is 0.409. The van der Waals surface area contributed by atoms with Crippen molar-refractivity contribution < 1.29 is 18.8 Å². The van der Waals surface area contributed by atoms with Gasteiger partial charge in [-0.15, -0.1) is 0 Å². The Morgan fingerprint density at radius 3 is 2.27 bits per heavy atom. The summed E-state index contributed by atoms with van der Waals surface area (Å²) in [7, 11) is 0. The van der Waals surface area contributed by atoms with E-state index in [4.69, 9.17) is 4.42 Å². The number of hydrogen-bond donors (Lipinski definition) is 2. The van der Waals surface area contributed by atoms with Gasteiger partial charge in [-0.25, -0.2) is 0 Å². The second kappa shape index (κ2) is 9.58. The molecule has 2 aromatic rings. The van der Waals surface area contributed by atoms with Gasteiger partial charge >= 0.3 is 0 Å². The highest BCUT2D eigenvalue weighted by Gasteiger charge is 2.24. The number of nitrogens with zero attached hydrogens (tertiary/aromatic N) is 2. The van der Waals surface area contributed by atoms with Crippen molar-refractivity contribution in [3.05, 3.63) is 53.0 Å². The summed E-state index contributed by atoms with van der Waals surface area (Å²) in [5.74, 6) is -0.283. The number of aryl methyl sites for hydroxylation is 3. The van der Waals surface area contributed by atoms with Gasteiger partial charge in [0.15, 0.2) is 5.76 Å². The minimum absolute atomic E-state index is 0.0808. The second-order valence-electron chi connectivity index (χ2n) is 7.64. The van der Waals surface area contributed by atoms with Gasteiger partial charge in [0.1, 0.15) is 0 Å². The van der Waals surface area contributed by atoms with Gasteiger partial charge in [-0.2, -0.15) is 0 Å². The van der Waals surface area contributed by atoms with Gasteiger partial charge in [-0.1, -0.05) is 17.7 Å². The summed E-state index contributed by atoms with van der Waals surface area (Å²) < 4.78 is 5.15. The average Bonchev–Trinajstić information content (AvgIpc) is 3.24. The zero-order valence-corrected chi connectivity index (χ0v) is 17.7. The third kappa shape index (κ3) is 5.48. The quantitative estimate of drug-likeness (QED) is 0.753. The van der Waals surface area contributed by atoms with Gasteiger partial charge in [0.25, 0.3) is 5.91 Å². The standard InChI is InChI=1S/C22H28N4O4/c1-15-11-16(2)21(17(3)12-15)24-19(27)13-23-20(28)14-25-6-8-26(9-7-25)22(29)18-5-4-10-30-18/h4-5,10-12H,6-9,13-14H2,1-3H3,(H,23,28)(H,24,27). The summed E-state index contributed by atoms with van der Waals surface area (Å²) in [6.07, 6.45) is 1.48. The summed E-state index contributed by atoms with van der Waals surface area (Å²) in [6, 6.07) is 7.35. The van der Waals surface area contributed by atoms with Crippen LogP contribution in [0.1, 0.15) is 27.2 Å². The molecule has 1 aromatic heterocycles. The molecule has 0 radical (unpaired) electrons. The third-order valence-corrected chi connectivity index (χ3v) is 5.15. The Hall–Kier alpha value is -3.13. The van der Waals surface area contributed by atoms with Crippen molar-refractivity contribution >= 4 is 23.4 Å².